The molecule has 3 aromatic carbocycles. The molecule has 0 N–H and O–H groups in total. The Kier molecular flexibility index (Phi) is 3.76. The third-order valence-electron chi connectivity index (χ3n) is 3.49. The minimum atomic E-state index is -0.328. The van der Waals surface area contributed by atoms with E-state index in [0.717, 1.165) is 26.4 Å². The summed E-state index contributed by atoms with van der Waals surface area (Å²) < 4.78 is 5.85. The van der Waals surface area contributed by atoms with E-state index in [1.807, 2.05) is 36.4 Å². The van der Waals surface area contributed by atoms with E-state index in [1.165, 1.54) is 7.11 Å². The predicted octanol–water partition coefficient (Wildman–Crippen LogP) is 5.06. The molecule has 0 saturated carbocycles. The molecule has 0 bridgehead atoms. The maximum Gasteiger partial charge on any atom is 0.338 e. The molecule has 0 amide bonds. The van der Waals surface area contributed by atoms with E-state index in [-0.39, 0.29) is 5.97 Å². The lowest BCUT2D eigenvalue weighted by molar-refractivity contribution is 0.0601. The first-order chi connectivity index (χ1) is 10.2. The van der Waals surface area contributed by atoms with Crippen LogP contribution in [0.5, 0.6) is 0 Å². The van der Waals surface area contributed by atoms with Crippen LogP contribution in [0, 0.1) is 0 Å². The molecule has 0 fully saturated rings. The van der Waals surface area contributed by atoms with Gasteiger partial charge in [0.2, 0.25) is 0 Å². The molecule has 0 atom stereocenters. The molecule has 3 rings (SSSR count). The molecule has 0 radical (unpaired) electrons. The Labute approximate surface area is 131 Å². The fourth-order valence-electron chi connectivity index (χ4n) is 2.45. The molecule has 0 aromatic heterocycles. The Bertz CT molecular complexity index is 824. The van der Waals surface area contributed by atoms with Crippen molar-refractivity contribution >= 4 is 32.7 Å². The van der Waals surface area contributed by atoms with Gasteiger partial charge >= 0.3 is 5.97 Å². The summed E-state index contributed by atoms with van der Waals surface area (Å²) in [7, 11) is 1.40. The first-order valence-corrected chi connectivity index (χ1v) is 7.36. The van der Waals surface area contributed by atoms with E-state index in [0.29, 0.717) is 5.56 Å². The van der Waals surface area contributed by atoms with E-state index in [9.17, 15) is 4.79 Å². The van der Waals surface area contributed by atoms with Gasteiger partial charge in [0, 0.05) is 4.47 Å². The van der Waals surface area contributed by atoms with Gasteiger partial charge in [0.1, 0.15) is 0 Å². The Morgan fingerprint density at radius 2 is 1.62 bits per heavy atom. The van der Waals surface area contributed by atoms with Crippen LogP contribution < -0.4 is 0 Å². The van der Waals surface area contributed by atoms with Crippen LogP contribution in [0.4, 0.5) is 0 Å². The molecule has 21 heavy (non-hydrogen) atoms. The molecule has 2 nitrogen and oxygen atoms in total. The van der Waals surface area contributed by atoms with Gasteiger partial charge in [0.25, 0.3) is 0 Å². The average molecular weight is 341 g/mol. The molecule has 104 valence electrons. The highest BCUT2D eigenvalue weighted by molar-refractivity contribution is 9.10. The van der Waals surface area contributed by atoms with Gasteiger partial charge in [0.05, 0.1) is 12.7 Å². The topological polar surface area (TPSA) is 26.3 Å². The minimum Gasteiger partial charge on any atom is -0.465 e. The van der Waals surface area contributed by atoms with E-state index in [1.54, 1.807) is 6.07 Å². The molecular formula is C18H13BrO2. The molecule has 0 spiro atoms. The zero-order chi connectivity index (χ0) is 14.8. The second-order valence-corrected chi connectivity index (χ2v) is 5.48. The van der Waals surface area contributed by atoms with Crippen molar-refractivity contribution in [1.29, 1.82) is 0 Å². The predicted molar refractivity (Wildman–Crippen MR) is 88.4 cm³/mol. The minimum absolute atomic E-state index is 0.328. The highest BCUT2D eigenvalue weighted by Crippen LogP contribution is 2.36. The van der Waals surface area contributed by atoms with Gasteiger partial charge in [-0.1, -0.05) is 54.6 Å². The summed E-state index contributed by atoms with van der Waals surface area (Å²) in [6, 6.07) is 19.7. The van der Waals surface area contributed by atoms with Crippen LogP contribution >= 0.6 is 15.9 Å². The van der Waals surface area contributed by atoms with Gasteiger partial charge in [-0.2, -0.15) is 0 Å². The highest BCUT2D eigenvalue weighted by Gasteiger charge is 2.15. The molecule has 3 heteroatoms. The number of methoxy groups -OCH3 is 1. The van der Waals surface area contributed by atoms with E-state index < -0.39 is 0 Å². The normalized spacial score (nSPS) is 10.6. The summed E-state index contributed by atoms with van der Waals surface area (Å²) in [5, 5.41) is 2.28. The molecule has 0 aliphatic carbocycles. The third-order valence-corrected chi connectivity index (χ3v) is 4.34. The SMILES string of the molecule is COC(=O)c1ccccc1-c1ccc2ccccc2c1Br. The standard InChI is InChI=1S/C18H13BrO2/c1-21-18(20)16-9-5-4-8-14(16)15-11-10-12-6-2-3-7-13(12)17(15)19/h2-11H,1H3. The highest BCUT2D eigenvalue weighted by atomic mass is 79.9. The van der Waals surface area contributed by atoms with Crippen molar-refractivity contribution in [2.24, 2.45) is 0 Å². The van der Waals surface area contributed by atoms with Gasteiger partial charge in [-0.15, -0.1) is 0 Å². The van der Waals surface area contributed by atoms with Crippen LogP contribution in [0.3, 0.4) is 0 Å². The number of rotatable bonds is 2. The van der Waals surface area contributed by atoms with Crippen molar-refractivity contribution in [3.05, 3.63) is 70.7 Å². The van der Waals surface area contributed by atoms with Crippen LogP contribution in [0.25, 0.3) is 21.9 Å². The fourth-order valence-corrected chi connectivity index (χ4v) is 3.15. The maximum atomic E-state index is 11.9. The average Bonchev–Trinajstić information content (AvgIpc) is 2.55. The Hall–Kier alpha value is -2.13. The number of fused-ring (bicyclic) bond motifs is 1. The zero-order valence-electron chi connectivity index (χ0n) is 11.5. The molecule has 3 aromatic rings. The number of hydrogen-bond acceptors (Lipinski definition) is 2. The van der Waals surface area contributed by atoms with Gasteiger partial charge in [0.15, 0.2) is 0 Å². The monoisotopic (exact) mass is 340 g/mol. The van der Waals surface area contributed by atoms with Crippen molar-refractivity contribution in [1.82, 2.24) is 0 Å². The van der Waals surface area contributed by atoms with Crippen LogP contribution in [0.2, 0.25) is 0 Å². The summed E-state index contributed by atoms with van der Waals surface area (Å²) in [4.78, 5) is 11.9. The van der Waals surface area contributed by atoms with Gasteiger partial charge in [-0.3, -0.25) is 0 Å². The Balaban J connectivity index is 2.26. The number of carbonyl (C=O) groups excluding carboxylic acids is 1. The number of benzene rings is 3. The largest absolute Gasteiger partial charge is 0.465 e. The summed E-state index contributed by atoms with van der Waals surface area (Å²) in [5.74, 6) is -0.328. The van der Waals surface area contributed by atoms with Gasteiger partial charge in [-0.25, -0.2) is 4.79 Å². The summed E-state index contributed by atoms with van der Waals surface area (Å²) in [5.41, 5.74) is 2.41. The molecule has 0 aliphatic rings. The fraction of sp³-hybridized carbons (Fsp3) is 0.0556. The van der Waals surface area contributed by atoms with E-state index >= 15 is 0 Å². The third kappa shape index (κ3) is 2.45. The van der Waals surface area contributed by atoms with Crippen molar-refractivity contribution in [2.75, 3.05) is 7.11 Å². The number of esters is 1. The number of carbonyl (C=O) groups is 1. The summed E-state index contributed by atoms with van der Waals surface area (Å²) >= 11 is 3.67. The maximum absolute atomic E-state index is 11.9. The molecule has 0 aliphatic heterocycles. The lowest BCUT2D eigenvalue weighted by Crippen LogP contribution is -2.03. The smallest absolute Gasteiger partial charge is 0.338 e. The second-order valence-electron chi connectivity index (χ2n) is 4.69. The number of halogens is 1. The molecule has 0 unspecified atom stereocenters. The van der Waals surface area contributed by atoms with Gasteiger partial charge < -0.3 is 4.74 Å². The Morgan fingerprint density at radius 3 is 2.43 bits per heavy atom. The number of ether oxygens (including phenoxy) is 1. The second kappa shape index (κ2) is 5.70. The Morgan fingerprint density at radius 1 is 0.905 bits per heavy atom. The summed E-state index contributed by atoms with van der Waals surface area (Å²) in [6.07, 6.45) is 0. The van der Waals surface area contributed by atoms with Crippen LogP contribution in [-0.2, 0) is 4.74 Å². The molecular weight excluding hydrogens is 328 g/mol. The van der Waals surface area contributed by atoms with Gasteiger partial charge in [-0.05, 0) is 43.9 Å². The van der Waals surface area contributed by atoms with Crippen LogP contribution in [-0.4, -0.2) is 13.1 Å². The lowest BCUT2D eigenvalue weighted by Gasteiger charge is -2.11. The lowest BCUT2D eigenvalue weighted by atomic mass is 9.97. The summed E-state index contributed by atoms with van der Waals surface area (Å²) in [6.45, 7) is 0. The van der Waals surface area contributed by atoms with Crippen molar-refractivity contribution in [3.63, 3.8) is 0 Å². The first-order valence-electron chi connectivity index (χ1n) is 6.57. The van der Waals surface area contributed by atoms with E-state index in [4.69, 9.17) is 4.74 Å². The van der Waals surface area contributed by atoms with Crippen LogP contribution in [0.1, 0.15) is 10.4 Å². The van der Waals surface area contributed by atoms with Crippen molar-refractivity contribution in [3.8, 4) is 11.1 Å². The van der Waals surface area contributed by atoms with E-state index in [2.05, 4.69) is 34.1 Å². The number of hydrogen-bond donors (Lipinski definition) is 0. The van der Waals surface area contributed by atoms with Crippen LogP contribution in [0.15, 0.2) is 65.1 Å². The quantitative estimate of drug-likeness (QED) is 0.609. The first kappa shape index (κ1) is 13.8. The zero-order valence-corrected chi connectivity index (χ0v) is 13.1. The molecule has 0 saturated heterocycles. The molecule has 0 heterocycles. The van der Waals surface area contributed by atoms with Crippen molar-refractivity contribution in [2.45, 2.75) is 0 Å². The van der Waals surface area contributed by atoms with Crippen molar-refractivity contribution < 1.29 is 9.53 Å².